The number of fused-ring (bicyclic) bond motifs is 1. The fourth-order valence-corrected chi connectivity index (χ4v) is 3.49. The number of halogens is 2. The first-order valence-corrected chi connectivity index (χ1v) is 9.42. The lowest BCUT2D eigenvalue weighted by Crippen LogP contribution is -2.13. The van der Waals surface area contributed by atoms with Gasteiger partial charge in [-0.3, -0.25) is 4.79 Å². The molecule has 0 amide bonds. The van der Waals surface area contributed by atoms with Gasteiger partial charge in [0.2, 0.25) is 0 Å². The number of rotatable bonds is 3. The molecule has 0 saturated carbocycles. The number of ether oxygens (including phenoxy) is 1. The molecule has 0 N–H and O–H groups in total. The second-order valence-corrected chi connectivity index (χ2v) is 7.22. The normalized spacial score (nSPS) is 14.9. The third kappa shape index (κ3) is 3.92. The van der Waals surface area contributed by atoms with Crippen LogP contribution < -0.4 is 4.74 Å². The number of allylic oxidation sites excluding steroid dienone is 1. The molecule has 0 saturated heterocycles. The topological polar surface area (TPSA) is 26.3 Å². The van der Waals surface area contributed by atoms with Gasteiger partial charge in [-0.1, -0.05) is 59.6 Å². The quantitative estimate of drug-likeness (QED) is 0.447. The molecule has 3 aromatic rings. The third-order valence-corrected chi connectivity index (χ3v) is 5.28. The molecular weight excluding hydrogens is 379 g/mol. The van der Waals surface area contributed by atoms with Crippen LogP contribution in [0.25, 0.3) is 6.08 Å². The van der Waals surface area contributed by atoms with Crippen molar-refractivity contribution in [2.24, 2.45) is 0 Å². The Kier molecular flexibility index (Phi) is 5.02. The van der Waals surface area contributed by atoms with Gasteiger partial charge in [-0.15, -0.1) is 0 Å². The predicted octanol–water partition coefficient (Wildman–Crippen LogP) is 7.00. The number of Topliss-reactive ketones (excluding diaryl/α,β-unsaturated/α-hetero) is 1. The van der Waals surface area contributed by atoms with Crippen molar-refractivity contribution in [3.8, 4) is 11.5 Å². The van der Waals surface area contributed by atoms with Gasteiger partial charge in [0.15, 0.2) is 5.78 Å². The second kappa shape index (κ2) is 7.59. The Bertz CT molecular complexity index is 1050. The lowest BCUT2D eigenvalue weighted by Gasteiger charge is -2.17. The zero-order chi connectivity index (χ0) is 18.8. The lowest BCUT2D eigenvalue weighted by molar-refractivity contribution is 0.102. The van der Waals surface area contributed by atoms with E-state index >= 15 is 0 Å². The Morgan fingerprint density at radius 3 is 2.48 bits per heavy atom. The van der Waals surface area contributed by atoms with Gasteiger partial charge >= 0.3 is 0 Å². The summed E-state index contributed by atoms with van der Waals surface area (Å²) >= 11 is 12.0. The Morgan fingerprint density at radius 1 is 0.815 bits per heavy atom. The van der Waals surface area contributed by atoms with Gasteiger partial charge in [-0.05, 0) is 54.3 Å². The number of carbonyl (C=O) groups excluding carboxylic acids is 1. The molecule has 4 heteroatoms. The van der Waals surface area contributed by atoms with E-state index in [1.54, 1.807) is 18.2 Å². The Balaban J connectivity index is 1.58. The first-order valence-electron chi connectivity index (χ1n) is 8.66. The van der Waals surface area contributed by atoms with E-state index in [4.69, 9.17) is 27.9 Å². The van der Waals surface area contributed by atoms with Crippen LogP contribution in [0.4, 0.5) is 0 Å². The van der Waals surface area contributed by atoms with Crippen molar-refractivity contribution in [1.29, 1.82) is 0 Å². The van der Waals surface area contributed by atoms with Crippen LogP contribution in [0.3, 0.4) is 0 Å². The number of carbonyl (C=O) groups is 1. The highest BCUT2D eigenvalue weighted by Gasteiger charge is 2.21. The molecule has 0 aliphatic heterocycles. The van der Waals surface area contributed by atoms with Gasteiger partial charge in [0.05, 0.1) is 10.0 Å². The van der Waals surface area contributed by atoms with Gasteiger partial charge in [0.1, 0.15) is 11.5 Å². The van der Waals surface area contributed by atoms with Crippen LogP contribution in [0.15, 0.2) is 72.3 Å². The molecule has 4 rings (SSSR count). The maximum Gasteiger partial charge on any atom is 0.189 e. The molecule has 0 radical (unpaired) electrons. The minimum Gasteiger partial charge on any atom is -0.457 e. The van der Waals surface area contributed by atoms with Gasteiger partial charge in [0.25, 0.3) is 0 Å². The largest absolute Gasteiger partial charge is 0.457 e. The Morgan fingerprint density at radius 2 is 1.63 bits per heavy atom. The molecule has 134 valence electrons. The van der Waals surface area contributed by atoms with Gasteiger partial charge in [-0.25, -0.2) is 0 Å². The van der Waals surface area contributed by atoms with E-state index in [2.05, 4.69) is 0 Å². The highest BCUT2D eigenvalue weighted by atomic mass is 35.5. The average molecular weight is 395 g/mol. The summed E-state index contributed by atoms with van der Waals surface area (Å²) in [5.41, 5.74) is 3.67. The molecule has 0 aromatic heterocycles. The van der Waals surface area contributed by atoms with Crippen LogP contribution in [0.1, 0.15) is 27.9 Å². The van der Waals surface area contributed by atoms with E-state index in [9.17, 15) is 4.79 Å². The number of hydrogen-bond acceptors (Lipinski definition) is 2. The molecule has 0 spiro atoms. The predicted molar refractivity (Wildman–Crippen MR) is 110 cm³/mol. The fraction of sp³-hybridized carbons (Fsp3) is 0.0870. The monoisotopic (exact) mass is 394 g/mol. The zero-order valence-electron chi connectivity index (χ0n) is 14.4. The van der Waals surface area contributed by atoms with E-state index in [-0.39, 0.29) is 5.78 Å². The van der Waals surface area contributed by atoms with Crippen molar-refractivity contribution in [2.45, 2.75) is 12.8 Å². The van der Waals surface area contributed by atoms with E-state index in [0.29, 0.717) is 21.5 Å². The van der Waals surface area contributed by atoms with Crippen LogP contribution >= 0.6 is 23.2 Å². The number of ketones is 1. The summed E-state index contributed by atoms with van der Waals surface area (Å²) in [6.07, 6.45) is 3.57. The minimum absolute atomic E-state index is 0.104. The summed E-state index contributed by atoms with van der Waals surface area (Å²) in [7, 11) is 0. The maximum absolute atomic E-state index is 12.7. The molecule has 1 aliphatic rings. The molecule has 0 bridgehead atoms. The van der Waals surface area contributed by atoms with Crippen molar-refractivity contribution in [2.75, 3.05) is 0 Å². The van der Waals surface area contributed by atoms with Crippen LogP contribution in [0.2, 0.25) is 10.0 Å². The Labute approximate surface area is 168 Å². The Hall–Kier alpha value is -2.55. The SMILES string of the molecule is O=C1/C(=C\c2cccc(Oc3ccc(Cl)c(Cl)c3)c2)CCc2ccccc21. The summed E-state index contributed by atoms with van der Waals surface area (Å²) < 4.78 is 5.87. The summed E-state index contributed by atoms with van der Waals surface area (Å²) in [6.45, 7) is 0. The van der Waals surface area contributed by atoms with Crippen molar-refractivity contribution in [3.05, 3.63) is 99.0 Å². The van der Waals surface area contributed by atoms with Crippen molar-refractivity contribution in [3.63, 3.8) is 0 Å². The average Bonchev–Trinajstić information content (AvgIpc) is 2.68. The molecule has 0 atom stereocenters. The molecule has 1 aliphatic carbocycles. The van der Waals surface area contributed by atoms with Gasteiger partial charge < -0.3 is 4.74 Å². The number of hydrogen-bond donors (Lipinski definition) is 0. The minimum atomic E-state index is 0.104. The first-order chi connectivity index (χ1) is 13.1. The molecule has 0 fully saturated rings. The summed E-state index contributed by atoms with van der Waals surface area (Å²) in [4.78, 5) is 12.7. The molecule has 2 nitrogen and oxygen atoms in total. The zero-order valence-corrected chi connectivity index (χ0v) is 15.9. The molecule has 0 heterocycles. The van der Waals surface area contributed by atoms with E-state index < -0.39 is 0 Å². The summed E-state index contributed by atoms with van der Waals surface area (Å²) in [5, 5.41) is 0.928. The number of benzene rings is 3. The van der Waals surface area contributed by atoms with Crippen LogP contribution in [-0.2, 0) is 6.42 Å². The van der Waals surface area contributed by atoms with E-state index in [1.807, 2.05) is 54.6 Å². The van der Waals surface area contributed by atoms with Crippen LogP contribution in [0.5, 0.6) is 11.5 Å². The molecule has 3 aromatic carbocycles. The highest BCUT2D eigenvalue weighted by molar-refractivity contribution is 6.42. The highest BCUT2D eigenvalue weighted by Crippen LogP contribution is 2.31. The standard InChI is InChI=1S/C23H16Cl2O2/c24-21-11-10-19(14-22(21)25)27-18-6-3-4-15(13-18)12-17-9-8-16-5-1-2-7-20(16)23(17)26/h1-7,10-14H,8-9H2/b17-12-. The lowest BCUT2D eigenvalue weighted by atomic mass is 9.86. The van der Waals surface area contributed by atoms with Gasteiger partial charge in [-0.2, -0.15) is 0 Å². The second-order valence-electron chi connectivity index (χ2n) is 6.41. The van der Waals surface area contributed by atoms with Crippen molar-refractivity contribution < 1.29 is 9.53 Å². The number of aryl methyl sites for hydroxylation is 1. The van der Waals surface area contributed by atoms with Crippen LogP contribution in [-0.4, -0.2) is 5.78 Å². The maximum atomic E-state index is 12.7. The first kappa shape index (κ1) is 17.8. The smallest absolute Gasteiger partial charge is 0.189 e. The molecular formula is C23H16Cl2O2. The third-order valence-electron chi connectivity index (χ3n) is 4.54. The molecule has 0 unspecified atom stereocenters. The molecule has 27 heavy (non-hydrogen) atoms. The summed E-state index contributed by atoms with van der Waals surface area (Å²) in [6, 6.07) is 20.6. The van der Waals surface area contributed by atoms with Gasteiger partial charge in [0, 0.05) is 17.2 Å². The van der Waals surface area contributed by atoms with E-state index in [1.165, 1.54) is 0 Å². The van der Waals surface area contributed by atoms with Crippen LogP contribution in [0, 0.1) is 0 Å². The fourth-order valence-electron chi connectivity index (χ4n) is 3.20. The van der Waals surface area contributed by atoms with E-state index in [0.717, 1.165) is 35.1 Å². The summed E-state index contributed by atoms with van der Waals surface area (Å²) in [5.74, 6) is 1.39. The van der Waals surface area contributed by atoms with Crippen molar-refractivity contribution in [1.82, 2.24) is 0 Å². The van der Waals surface area contributed by atoms with Crippen molar-refractivity contribution >= 4 is 35.1 Å².